The summed E-state index contributed by atoms with van der Waals surface area (Å²) in [5, 5.41) is 22.0. The van der Waals surface area contributed by atoms with Crippen molar-refractivity contribution in [1.82, 2.24) is 0 Å². The van der Waals surface area contributed by atoms with Gasteiger partial charge in [-0.1, -0.05) is 164 Å². The van der Waals surface area contributed by atoms with Crippen molar-refractivity contribution in [3.8, 4) is 39.4 Å². The van der Waals surface area contributed by atoms with Gasteiger partial charge in [-0.3, -0.25) is 0 Å². The second-order valence-electron chi connectivity index (χ2n) is 14.5. The Morgan fingerprint density at radius 1 is 0.455 bits per heavy atom. The lowest BCUT2D eigenvalue weighted by molar-refractivity contribution is 0.669. The van der Waals surface area contributed by atoms with E-state index in [4.69, 9.17) is 4.42 Å². The van der Waals surface area contributed by atoms with E-state index < -0.39 is 0 Å². The molecule has 1 aliphatic rings. The molecule has 0 aliphatic heterocycles. The first-order valence-corrected chi connectivity index (χ1v) is 18.9. The molecule has 1 heterocycles. The molecule has 0 N–H and O–H groups in total. The summed E-state index contributed by atoms with van der Waals surface area (Å²) >= 11 is 0. The highest BCUT2D eigenvalue weighted by Crippen LogP contribution is 2.49. The number of furan rings is 1. The highest BCUT2D eigenvalue weighted by Gasteiger charge is 2.25. The lowest BCUT2D eigenvalue weighted by Gasteiger charge is -2.22. The first kappa shape index (κ1) is 31.3. The summed E-state index contributed by atoms with van der Waals surface area (Å²) in [7, 11) is 0. The van der Waals surface area contributed by atoms with E-state index in [2.05, 4.69) is 188 Å². The molecule has 1 aliphatic carbocycles. The minimum atomic E-state index is -0.193. The molecule has 2 nitrogen and oxygen atoms in total. The van der Waals surface area contributed by atoms with Crippen LogP contribution in [-0.2, 0) is 0 Å². The summed E-state index contributed by atoms with van der Waals surface area (Å²) in [4.78, 5) is 0. The fraction of sp³-hybridized carbons (Fsp3) is 0.0377. The Labute approximate surface area is 318 Å². The Hall–Kier alpha value is -7.21. The minimum absolute atomic E-state index is 0.193. The number of nitriles is 1. The van der Waals surface area contributed by atoms with Crippen molar-refractivity contribution in [1.29, 1.82) is 5.26 Å². The van der Waals surface area contributed by atoms with Gasteiger partial charge in [0, 0.05) is 10.8 Å². The maximum absolute atomic E-state index is 10.2. The molecular weight excluding hydrogens is 667 g/mol. The molecule has 0 bridgehead atoms. The van der Waals surface area contributed by atoms with E-state index in [0.717, 1.165) is 61.4 Å². The molecule has 0 radical (unpaired) electrons. The molecule has 9 aromatic carbocycles. The summed E-state index contributed by atoms with van der Waals surface area (Å²) < 4.78 is 6.81. The van der Waals surface area contributed by atoms with E-state index in [9.17, 15) is 5.26 Å². The Morgan fingerprint density at radius 2 is 0.982 bits per heavy atom. The standard InChI is InChI=1S/C53H33NO/c54-32-35-17-4-5-18-36(35)51-41-23-10-12-25-43(41)52(44-26-13-11-24-42(44)51)46-27-14-28-47-53(46)45-30-29-34(31-48(45)55-47)50-39-21-8-6-19-37(39)49(33-15-2-1-3-16-33)38-20-7-9-22-40(38)50/h1-16,18-31,35H,17H2. The molecule has 256 valence electrons. The van der Waals surface area contributed by atoms with E-state index >= 15 is 0 Å². The van der Waals surface area contributed by atoms with Crippen LogP contribution in [0.15, 0.2) is 186 Å². The molecule has 0 fully saturated rings. The highest BCUT2D eigenvalue weighted by molar-refractivity contribution is 6.25. The Balaban J connectivity index is 1.17. The van der Waals surface area contributed by atoms with Gasteiger partial charge in [0.2, 0.25) is 0 Å². The minimum Gasteiger partial charge on any atom is -0.456 e. The van der Waals surface area contributed by atoms with Gasteiger partial charge in [0.1, 0.15) is 11.2 Å². The largest absolute Gasteiger partial charge is 0.456 e. The number of hydrogen-bond donors (Lipinski definition) is 0. The zero-order chi connectivity index (χ0) is 36.5. The smallest absolute Gasteiger partial charge is 0.136 e. The van der Waals surface area contributed by atoms with Crippen molar-refractivity contribution in [2.45, 2.75) is 6.42 Å². The zero-order valence-electron chi connectivity index (χ0n) is 30.0. The molecule has 2 heteroatoms. The van der Waals surface area contributed by atoms with Gasteiger partial charge in [-0.05, 0) is 112 Å². The first-order valence-electron chi connectivity index (χ1n) is 18.9. The fourth-order valence-corrected chi connectivity index (χ4v) is 9.28. The molecule has 1 aromatic heterocycles. The molecule has 0 amide bonds. The van der Waals surface area contributed by atoms with Crippen LogP contribution in [0.5, 0.6) is 0 Å². The average Bonchev–Trinajstić information content (AvgIpc) is 3.63. The fourth-order valence-electron chi connectivity index (χ4n) is 9.28. The van der Waals surface area contributed by atoms with Gasteiger partial charge < -0.3 is 4.42 Å². The van der Waals surface area contributed by atoms with Gasteiger partial charge in [-0.15, -0.1) is 0 Å². The monoisotopic (exact) mass is 699 g/mol. The summed E-state index contributed by atoms with van der Waals surface area (Å²) in [5.74, 6) is -0.193. The van der Waals surface area contributed by atoms with Crippen molar-refractivity contribution in [3.05, 3.63) is 188 Å². The third-order valence-corrected chi connectivity index (χ3v) is 11.6. The molecule has 0 saturated carbocycles. The van der Waals surface area contributed by atoms with Gasteiger partial charge in [0.15, 0.2) is 0 Å². The van der Waals surface area contributed by atoms with Gasteiger partial charge >= 0.3 is 0 Å². The normalized spacial score (nSPS) is 14.3. The number of rotatable bonds is 4. The van der Waals surface area contributed by atoms with Crippen LogP contribution in [0.25, 0.3) is 104 Å². The molecule has 1 unspecified atom stereocenters. The average molecular weight is 700 g/mol. The van der Waals surface area contributed by atoms with Crippen LogP contribution in [0, 0.1) is 17.2 Å². The van der Waals surface area contributed by atoms with E-state index in [0.29, 0.717) is 0 Å². The third-order valence-electron chi connectivity index (χ3n) is 11.6. The predicted octanol–water partition coefficient (Wildman–Crippen LogP) is 14.7. The Kier molecular flexibility index (Phi) is 7.09. The summed E-state index contributed by atoms with van der Waals surface area (Å²) in [6, 6.07) is 61.5. The van der Waals surface area contributed by atoms with Gasteiger partial charge in [0.05, 0.1) is 12.0 Å². The van der Waals surface area contributed by atoms with Crippen LogP contribution in [0.1, 0.15) is 12.0 Å². The topological polar surface area (TPSA) is 36.9 Å². The number of hydrogen-bond acceptors (Lipinski definition) is 2. The highest BCUT2D eigenvalue weighted by atomic mass is 16.3. The number of benzene rings is 9. The van der Waals surface area contributed by atoms with Gasteiger partial charge in [-0.2, -0.15) is 5.26 Å². The zero-order valence-corrected chi connectivity index (χ0v) is 30.0. The first-order chi connectivity index (χ1) is 27.3. The molecular formula is C53H33NO. The lowest BCUT2D eigenvalue weighted by atomic mass is 9.80. The molecule has 1 atom stereocenters. The Bertz CT molecular complexity index is 3190. The van der Waals surface area contributed by atoms with Gasteiger partial charge in [-0.25, -0.2) is 0 Å². The summed E-state index contributed by atoms with van der Waals surface area (Å²) in [6.45, 7) is 0. The summed E-state index contributed by atoms with van der Waals surface area (Å²) in [5.41, 5.74) is 11.1. The van der Waals surface area contributed by atoms with Crippen molar-refractivity contribution >= 4 is 70.6 Å². The number of fused-ring (bicyclic) bond motifs is 7. The van der Waals surface area contributed by atoms with Crippen LogP contribution < -0.4 is 0 Å². The summed E-state index contributed by atoms with van der Waals surface area (Å²) in [6.07, 6.45) is 7.04. The lowest BCUT2D eigenvalue weighted by Crippen LogP contribution is -2.04. The SMILES string of the molecule is N#CC1CC=CC=C1c1c2ccccc2c(-c2cccc3oc4cc(-c5c6ccccc6c(-c6ccccc6)c6ccccc56)ccc4c23)c2ccccc12. The van der Waals surface area contributed by atoms with Crippen molar-refractivity contribution in [2.75, 3.05) is 0 Å². The predicted molar refractivity (Wildman–Crippen MR) is 231 cm³/mol. The molecule has 11 rings (SSSR count). The quantitative estimate of drug-likeness (QED) is 0.172. The van der Waals surface area contributed by atoms with E-state index in [1.807, 2.05) is 0 Å². The van der Waals surface area contributed by atoms with Crippen molar-refractivity contribution < 1.29 is 4.42 Å². The number of allylic oxidation sites excluding steroid dienone is 4. The van der Waals surface area contributed by atoms with E-state index in [-0.39, 0.29) is 5.92 Å². The molecule has 0 saturated heterocycles. The van der Waals surface area contributed by atoms with E-state index in [1.165, 1.54) is 54.6 Å². The van der Waals surface area contributed by atoms with Crippen LogP contribution >= 0.6 is 0 Å². The second kappa shape index (κ2) is 12.4. The molecule has 10 aromatic rings. The third kappa shape index (κ3) is 4.74. The Morgan fingerprint density at radius 3 is 1.56 bits per heavy atom. The molecule has 55 heavy (non-hydrogen) atoms. The van der Waals surface area contributed by atoms with Crippen LogP contribution in [0.3, 0.4) is 0 Å². The van der Waals surface area contributed by atoms with E-state index in [1.54, 1.807) is 0 Å². The maximum Gasteiger partial charge on any atom is 0.136 e. The van der Waals surface area contributed by atoms with Crippen LogP contribution in [0.4, 0.5) is 0 Å². The maximum atomic E-state index is 10.2. The van der Waals surface area contributed by atoms with Crippen molar-refractivity contribution in [3.63, 3.8) is 0 Å². The molecule has 0 spiro atoms. The number of nitrogens with zero attached hydrogens (tertiary/aromatic N) is 1. The van der Waals surface area contributed by atoms with Crippen LogP contribution in [0.2, 0.25) is 0 Å². The van der Waals surface area contributed by atoms with Gasteiger partial charge in [0.25, 0.3) is 0 Å². The van der Waals surface area contributed by atoms with Crippen LogP contribution in [-0.4, -0.2) is 0 Å². The van der Waals surface area contributed by atoms with Crippen molar-refractivity contribution in [2.24, 2.45) is 5.92 Å². The second-order valence-corrected chi connectivity index (χ2v) is 14.5.